The van der Waals surface area contributed by atoms with Crippen molar-refractivity contribution in [2.24, 2.45) is 0 Å². The van der Waals surface area contributed by atoms with Gasteiger partial charge in [-0.3, -0.25) is 14.2 Å². The summed E-state index contributed by atoms with van der Waals surface area (Å²) in [5, 5.41) is 26.5. The van der Waals surface area contributed by atoms with Gasteiger partial charge < -0.3 is 35.4 Å². The molecule has 1 aliphatic heterocycles. The quantitative estimate of drug-likeness (QED) is 0.314. The topological polar surface area (TPSA) is 195 Å². The second kappa shape index (κ2) is 8.82. The lowest BCUT2D eigenvalue weighted by atomic mass is 10.1. The first-order chi connectivity index (χ1) is 15.8. The summed E-state index contributed by atoms with van der Waals surface area (Å²) in [4.78, 5) is 37.9. The second-order valence-corrected chi connectivity index (χ2v) is 7.14. The molecule has 14 nitrogen and oxygen atoms in total. The number of rotatable bonds is 4. The first-order valence-electron chi connectivity index (χ1n) is 9.70. The van der Waals surface area contributed by atoms with Crippen molar-refractivity contribution < 1.29 is 29.1 Å². The van der Waals surface area contributed by atoms with Gasteiger partial charge in [-0.15, -0.1) is 0 Å². The van der Waals surface area contributed by atoms with Gasteiger partial charge in [0.25, 0.3) is 11.8 Å². The van der Waals surface area contributed by atoms with E-state index in [2.05, 4.69) is 37.3 Å². The summed E-state index contributed by atoms with van der Waals surface area (Å²) in [7, 11) is 2.93. The Kier molecular flexibility index (Phi) is 5.92. The van der Waals surface area contributed by atoms with E-state index in [-0.39, 0.29) is 35.1 Å². The molecule has 1 saturated heterocycles. The van der Waals surface area contributed by atoms with Gasteiger partial charge in [-0.25, -0.2) is 15.0 Å². The Morgan fingerprint density at radius 2 is 2.12 bits per heavy atom. The molecule has 0 bridgehead atoms. The number of nitrogen functional groups attached to an aromatic ring is 1. The molecular formula is C19H20N8O6. The maximum absolute atomic E-state index is 12.2. The summed E-state index contributed by atoms with van der Waals surface area (Å²) in [5.74, 6) is 4.67. The average molecular weight is 456 g/mol. The normalized spacial score (nSPS) is 22.1. The summed E-state index contributed by atoms with van der Waals surface area (Å²) < 4.78 is 11.7. The molecule has 4 atom stereocenters. The third-order valence-corrected chi connectivity index (χ3v) is 4.98. The van der Waals surface area contributed by atoms with Crippen LogP contribution in [-0.2, 0) is 9.53 Å². The fourth-order valence-corrected chi connectivity index (χ4v) is 3.25. The molecule has 4 rings (SSSR count). The van der Waals surface area contributed by atoms with E-state index in [1.807, 2.05) is 0 Å². The number of nitrogens with zero attached hydrogens (tertiary/aromatic N) is 6. The summed E-state index contributed by atoms with van der Waals surface area (Å²) >= 11 is 0. The van der Waals surface area contributed by atoms with Crippen molar-refractivity contribution in [3.05, 3.63) is 30.2 Å². The summed E-state index contributed by atoms with van der Waals surface area (Å²) in [5.41, 5.74) is 6.39. The molecule has 3 aromatic rings. The molecule has 1 fully saturated rings. The monoisotopic (exact) mass is 456 g/mol. The largest absolute Gasteiger partial charge is 0.387 e. The van der Waals surface area contributed by atoms with Crippen molar-refractivity contribution in [2.45, 2.75) is 24.5 Å². The predicted octanol–water partition coefficient (Wildman–Crippen LogP) is -2.11. The van der Waals surface area contributed by atoms with Crippen molar-refractivity contribution >= 4 is 28.8 Å². The van der Waals surface area contributed by atoms with Crippen molar-refractivity contribution in [1.29, 1.82) is 0 Å². The molecule has 0 unspecified atom stereocenters. The molecule has 5 N–H and O–H groups in total. The van der Waals surface area contributed by atoms with Gasteiger partial charge >= 0.3 is 0 Å². The van der Waals surface area contributed by atoms with Crippen LogP contribution in [-0.4, -0.2) is 90.6 Å². The maximum atomic E-state index is 12.2. The van der Waals surface area contributed by atoms with Crippen LogP contribution in [0.5, 0.6) is 0 Å². The molecule has 172 valence electrons. The first-order valence-corrected chi connectivity index (χ1v) is 9.70. The highest BCUT2D eigenvalue weighted by atomic mass is 16.6. The molecule has 0 aromatic carbocycles. The zero-order chi connectivity index (χ0) is 23.7. The van der Waals surface area contributed by atoms with Crippen LogP contribution in [0.3, 0.4) is 0 Å². The highest BCUT2D eigenvalue weighted by Gasteiger charge is 2.47. The molecule has 4 heterocycles. The highest BCUT2D eigenvalue weighted by molar-refractivity contribution is 5.91. The molecule has 3 aromatic heterocycles. The average Bonchev–Trinajstić information content (AvgIpc) is 3.54. The van der Waals surface area contributed by atoms with Crippen molar-refractivity contribution in [3.8, 4) is 11.8 Å². The molecule has 0 aliphatic carbocycles. The maximum Gasteiger partial charge on any atom is 0.292 e. The number of amides is 2. The van der Waals surface area contributed by atoms with Gasteiger partial charge in [-0.2, -0.15) is 0 Å². The minimum Gasteiger partial charge on any atom is -0.387 e. The molecule has 2 amide bonds. The molecule has 0 saturated carbocycles. The third kappa shape index (κ3) is 4.07. The van der Waals surface area contributed by atoms with Gasteiger partial charge in [0, 0.05) is 20.2 Å². The number of nitrogens with one attached hydrogen (secondary N) is 1. The lowest BCUT2D eigenvalue weighted by Gasteiger charge is -2.16. The number of hydrogen-bond acceptors (Lipinski definition) is 11. The minimum atomic E-state index is -1.46. The van der Waals surface area contributed by atoms with Gasteiger partial charge in [-0.1, -0.05) is 11.1 Å². The Bertz CT molecular complexity index is 1250. The Morgan fingerprint density at radius 3 is 2.82 bits per heavy atom. The van der Waals surface area contributed by atoms with Gasteiger partial charge in [0.05, 0.1) is 19.1 Å². The molecule has 0 radical (unpaired) electrons. The van der Waals surface area contributed by atoms with Crippen molar-refractivity contribution in [1.82, 2.24) is 34.9 Å². The number of aromatic nitrogens is 5. The van der Waals surface area contributed by atoms with Crippen molar-refractivity contribution in [3.63, 3.8) is 0 Å². The smallest absolute Gasteiger partial charge is 0.292 e. The SMILES string of the molecule is CNC(=O)[C@H]1O[C@@H](n2cnc3c(N)nc(C#CCN(C)C(=O)c4ccno4)nc32)[C@H](O)[C@@H]1O. The van der Waals surface area contributed by atoms with E-state index in [4.69, 9.17) is 15.0 Å². The zero-order valence-electron chi connectivity index (χ0n) is 17.5. The number of hydrogen-bond donors (Lipinski definition) is 4. The Hall–Kier alpha value is -4.06. The standard InChI is InChI=1S/C19H20N8O6/c1-21-17(30)14-12(28)13(29)19(32-14)27-8-22-11-15(20)24-10(25-16(11)27)4-3-7-26(2)18(31)9-5-6-23-33-9/h5-6,8,12-14,19,28-29H,7H2,1-2H3,(H,21,30)(H2,20,24,25)/t12-,13+,14-,19+/m0/s1. The summed E-state index contributed by atoms with van der Waals surface area (Å²) in [6, 6.07) is 1.44. The lowest BCUT2D eigenvalue weighted by molar-refractivity contribution is -0.137. The van der Waals surface area contributed by atoms with Gasteiger partial charge in [0.2, 0.25) is 11.6 Å². The Balaban J connectivity index is 1.58. The molecule has 0 spiro atoms. The van der Waals surface area contributed by atoms with Gasteiger partial charge in [0.1, 0.15) is 17.7 Å². The number of fused-ring (bicyclic) bond motifs is 1. The third-order valence-electron chi connectivity index (χ3n) is 4.98. The van der Waals surface area contributed by atoms with E-state index in [1.165, 1.54) is 35.1 Å². The van der Waals surface area contributed by atoms with E-state index in [9.17, 15) is 19.8 Å². The number of ether oxygens (including phenoxy) is 1. The van der Waals surface area contributed by atoms with Crippen LogP contribution in [0.4, 0.5) is 5.82 Å². The number of aliphatic hydroxyl groups excluding tert-OH is 2. The molecule has 14 heteroatoms. The van der Waals surface area contributed by atoms with Crippen LogP contribution in [0.15, 0.2) is 23.1 Å². The summed E-state index contributed by atoms with van der Waals surface area (Å²) in [6.45, 7) is 0.0462. The number of carbonyl (C=O) groups is 2. The van der Waals surface area contributed by atoms with Gasteiger partial charge in [-0.05, 0) is 5.92 Å². The number of anilines is 1. The van der Waals surface area contributed by atoms with E-state index < -0.39 is 36.4 Å². The number of imidazole rings is 1. The van der Waals surface area contributed by atoms with Crippen LogP contribution in [0.25, 0.3) is 11.2 Å². The van der Waals surface area contributed by atoms with Crippen molar-refractivity contribution in [2.75, 3.05) is 26.4 Å². The number of carbonyl (C=O) groups excluding carboxylic acids is 2. The molecular weight excluding hydrogens is 436 g/mol. The van der Waals surface area contributed by atoms with Crippen LogP contribution in [0.1, 0.15) is 22.6 Å². The second-order valence-electron chi connectivity index (χ2n) is 7.14. The van der Waals surface area contributed by atoms with Crippen LogP contribution in [0.2, 0.25) is 0 Å². The Morgan fingerprint density at radius 1 is 1.33 bits per heavy atom. The van der Waals surface area contributed by atoms with Crippen LogP contribution >= 0.6 is 0 Å². The zero-order valence-corrected chi connectivity index (χ0v) is 17.5. The van der Waals surface area contributed by atoms with E-state index >= 15 is 0 Å². The molecule has 33 heavy (non-hydrogen) atoms. The molecule has 1 aliphatic rings. The van der Waals surface area contributed by atoms with Crippen LogP contribution in [0, 0.1) is 11.8 Å². The van der Waals surface area contributed by atoms with E-state index in [0.717, 1.165) is 0 Å². The number of aliphatic hydroxyl groups is 2. The fraction of sp³-hybridized carbons (Fsp3) is 0.368. The minimum absolute atomic E-state index is 0.0324. The van der Waals surface area contributed by atoms with E-state index in [0.29, 0.717) is 0 Å². The fourth-order valence-electron chi connectivity index (χ4n) is 3.25. The Labute approximate surface area is 186 Å². The predicted molar refractivity (Wildman–Crippen MR) is 110 cm³/mol. The highest BCUT2D eigenvalue weighted by Crippen LogP contribution is 2.32. The first kappa shape index (κ1) is 22.1. The van der Waals surface area contributed by atoms with E-state index in [1.54, 1.807) is 7.05 Å². The van der Waals surface area contributed by atoms with Crippen LogP contribution < -0.4 is 11.1 Å². The number of nitrogens with two attached hydrogens (primary N) is 1. The summed E-state index contributed by atoms with van der Waals surface area (Å²) in [6.07, 6.45) is -2.63. The lowest BCUT2D eigenvalue weighted by Crippen LogP contribution is -2.41. The number of likely N-dealkylation sites (N-methyl/N-ethyl adjacent to an activating group) is 1. The van der Waals surface area contributed by atoms with Gasteiger partial charge in [0.15, 0.2) is 23.8 Å².